The Morgan fingerprint density at radius 1 is 0.200 bits per heavy atom. The van der Waals surface area contributed by atoms with Crippen LogP contribution in [-0.2, 0) is 10.8 Å². The Balaban J connectivity index is 0.929. The molecule has 2 nitrogen and oxygen atoms in total. The van der Waals surface area contributed by atoms with Crippen molar-refractivity contribution in [3.05, 3.63) is 326 Å². The van der Waals surface area contributed by atoms with E-state index < -0.39 is 10.8 Å². The van der Waals surface area contributed by atoms with Gasteiger partial charge in [-0.1, -0.05) is 269 Å². The molecule has 0 radical (unpaired) electrons. The van der Waals surface area contributed by atoms with Crippen molar-refractivity contribution >= 4 is 142 Å². The van der Waals surface area contributed by atoms with Crippen molar-refractivity contribution in [1.82, 2.24) is 0 Å². The quantitative estimate of drug-likeness (QED) is 0.147. The Morgan fingerprint density at radius 2 is 0.500 bits per heavy atom. The van der Waals surface area contributed by atoms with E-state index in [0.717, 1.165) is 34.1 Å². The number of nitrogens with zero attached hydrogens (tertiary/aromatic N) is 2. The second kappa shape index (κ2) is 18.1. The lowest BCUT2D eigenvalue weighted by Gasteiger charge is -2.46. The van der Waals surface area contributed by atoms with Gasteiger partial charge < -0.3 is 9.80 Å². The first kappa shape index (κ1) is 49.8. The van der Waals surface area contributed by atoms with Gasteiger partial charge in [-0.05, 0) is 179 Å². The SMILES string of the molecule is CC1(C2(C)c3ccc4ccccc4c3-c3c2cc(N(c2ccccc2)c2ccc4ccc5cccc6ccc2c4c56)c2ccccc32)c2ccc3ccccc3c2-c2c1cc(N(c1ccccc1)c1ccc3ccc4cccc5ccc1c3c45)c1ccccc21. The fraction of sp³-hybridized carbons (Fsp3) is 0.0455. The zero-order valence-electron chi connectivity index (χ0n) is 49.8. The fourth-order valence-corrected chi connectivity index (χ4v) is 17.5. The summed E-state index contributed by atoms with van der Waals surface area (Å²) in [6.07, 6.45) is 0. The summed E-state index contributed by atoms with van der Waals surface area (Å²) in [5, 5.41) is 25.1. The molecule has 0 spiro atoms. The van der Waals surface area contributed by atoms with E-state index in [2.05, 4.69) is 327 Å². The summed E-state index contributed by atoms with van der Waals surface area (Å²) in [6, 6.07) is 116. The average molecular weight is 1140 g/mol. The second-order valence-corrected chi connectivity index (χ2v) is 25.6. The smallest absolute Gasteiger partial charge is 0.0543 e. The maximum absolute atomic E-state index is 2.64. The molecule has 0 aliphatic heterocycles. The van der Waals surface area contributed by atoms with Crippen LogP contribution in [-0.4, -0.2) is 0 Å². The van der Waals surface area contributed by atoms with Gasteiger partial charge in [-0.15, -0.1) is 0 Å². The largest absolute Gasteiger partial charge is 0.309 e. The summed E-state index contributed by atoms with van der Waals surface area (Å²) in [5.41, 5.74) is 16.0. The molecular weight excluding hydrogens is 1080 g/mol. The van der Waals surface area contributed by atoms with Gasteiger partial charge in [-0.3, -0.25) is 0 Å². The Kier molecular flexibility index (Phi) is 10.0. The van der Waals surface area contributed by atoms with Gasteiger partial charge in [-0.2, -0.15) is 0 Å². The minimum absolute atomic E-state index is 0.696. The molecule has 0 bridgehead atoms. The molecule has 0 fully saturated rings. The van der Waals surface area contributed by atoms with Crippen molar-refractivity contribution in [2.24, 2.45) is 0 Å². The molecule has 90 heavy (non-hydrogen) atoms. The van der Waals surface area contributed by atoms with Crippen molar-refractivity contribution in [3.63, 3.8) is 0 Å². The molecule has 0 amide bonds. The topological polar surface area (TPSA) is 6.48 Å². The summed E-state index contributed by atoms with van der Waals surface area (Å²) in [7, 11) is 0. The maximum Gasteiger partial charge on any atom is 0.0543 e. The zero-order chi connectivity index (χ0) is 59.1. The van der Waals surface area contributed by atoms with Gasteiger partial charge in [0.25, 0.3) is 0 Å². The van der Waals surface area contributed by atoms with Crippen molar-refractivity contribution in [1.29, 1.82) is 0 Å². The highest BCUT2D eigenvalue weighted by atomic mass is 15.2. The second-order valence-electron chi connectivity index (χ2n) is 25.6. The number of fused-ring (bicyclic) bond motifs is 14. The van der Waals surface area contributed by atoms with Crippen LogP contribution in [0.4, 0.5) is 34.1 Å². The van der Waals surface area contributed by atoms with Crippen LogP contribution in [0.5, 0.6) is 0 Å². The molecule has 0 saturated heterocycles. The third-order valence-corrected chi connectivity index (χ3v) is 21.6. The number of hydrogen-bond acceptors (Lipinski definition) is 2. The van der Waals surface area contributed by atoms with Gasteiger partial charge in [0.1, 0.15) is 0 Å². The van der Waals surface area contributed by atoms with E-state index in [-0.39, 0.29) is 0 Å². The summed E-state index contributed by atoms with van der Waals surface area (Å²) in [5.74, 6) is 0. The van der Waals surface area contributed by atoms with Crippen LogP contribution >= 0.6 is 0 Å². The Morgan fingerprint density at radius 3 is 0.911 bits per heavy atom. The zero-order valence-corrected chi connectivity index (χ0v) is 49.8. The standard InChI is InChI=1S/C88H56N2/c1-87(71-47-41-53-19-9-11-29-63(53)83(71)85-67-33-15-13-31-65(67)77(51-73(85)87)89(61-25-5-3-6-26-61)75-49-43-59-37-35-55-21-17-23-57-39-45-69(75)81(59)79(55)57)88(2)72-48-42-54-20-10-12-30-64(54)84(72)86-68-34-16-14-32-66(68)78(52-74(86)88)90(62-27-7-4-8-28-62)76-50-44-60-38-36-56-22-18-24-58-40-46-70(76)82(60)80(56)58/h3-52H,1-2H3. The Labute approximate surface area is 521 Å². The molecule has 20 rings (SSSR count). The number of hydrogen-bond donors (Lipinski definition) is 0. The number of rotatable bonds is 7. The molecule has 2 aliphatic rings. The highest BCUT2D eigenvalue weighted by Crippen LogP contribution is 2.69. The minimum Gasteiger partial charge on any atom is -0.309 e. The maximum atomic E-state index is 2.64. The van der Waals surface area contributed by atoms with Gasteiger partial charge in [0.05, 0.1) is 22.7 Å². The van der Waals surface area contributed by atoms with E-state index in [4.69, 9.17) is 0 Å². The lowest BCUT2D eigenvalue weighted by molar-refractivity contribution is 0.376. The molecule has 418 valence electrons. The molecule has 18 aromatic rings. The molecule has 2 aliphatic carbocycles. The van der Waals surface area contributed by atoms with Crippen LogP contribution < -0.4 is 9.80 Å². The molecule has 0 aromatic heterocycles. The molecule has 2 unspecified atom stereocenters. The van der Waals surface area contributed by atoms with Crippen LogP contribution in [0.25, 0.3) is 130 Å². The van der Waals surface area contributed by atoms with E-state index in [9.17, 15) is 0 Å². The molecule has 0 heterocycles. The monoisotopic (exact) mass is 1140 g/mol. The first-order valence-electron chi connectivity index (χ1n) is 31.7. The highest BCUT2D eigenvalue weighted by molar-refractivity contribution is 6.28. The summed E-state index contributed by atoms with van der Waals surface area (Å²) in [6.45, 7) is 5.24. The van der Waals surface area contributed by atoms with Crippen LogP contribution in [0.1, 0.15) is 36.1 Å². The molecule has 0 saturated carbocycles. The lowest BCUT2D eigenvalue weighted by atomic mass is 9.56. The summed E-state index contributed by atoms with van der Waals surface area (Å²) in [4.78, 5) is 5.17. The number of para-hydroxylation sites is 2. The summed E-state index contributed by atoms with van der Waals surface area (Å²) < 4.78 is 0. The van der Waals surface area contributed by atoms with E-state index in [1.807, 2.05) is 0 Å². The molecule has 2 atom stereocenters. The number of benzene rings is 18. The lowest BCUT2D eigenvalue weighted by Crippen LogP contribution is -2.44. The van der Waals surface area contributed by atoms with Gasteiger partial charge in [0.15, 0.2) is 0 Å². The third-order valence-electron chi connectivity index (χ3n) is 21.6. The van der Waals surface area contributed by atoms with Gasteiger partial charge in [-0.25, -0.2) is 0 Å². The number of anilines is 6. The average Bonchev–Trinajstić information content (AvgIpc) is 1.48. The van der Waals surface area contributed by atoms with Crippen molar-refractivity contribution in [2.45, 2.75) is 24.7 Å². The molecule has 0 N–H and O–H groups in total. The first-order chi connectivity index (χ1) is 44.4. The van der Waals surface area contributed by atoms with Crippen LogP contribution in [0.2, 0.25) is 0 Å². The normalized spacial score (nSPS) is 16.0. The molecular formula is C88H56N2. The van der Waals surface area contributed by atoms with Crippen molar-refractivity contribution in [2.75, 3.05) is 9.80 Å². The van der Waals surface area contributed by atoms with Crippen LogP contribution in [0.3, 0.4) is 0 Å². The van der Waals surface area contributed by atoms with E-state index >= 15 is 0 Å². The fourth-order valence-electron chi connectivity index (χ4n) is 17.5. The summed E-state index contributed by atoms with van der Waals surface area (Å²) >= 11 is 0. The third kappa shape index (κ3) is 6.41. The highest BCUT2D eigenvalue weighted by Gasteiger charge is 2.59. The van der Waals surface area contributed by atoms with E-state index in [1.54, 1.807) is 0 Å². The van der Waals surface area contributed by atoms with E-state index in [1.165, 1.54) is 152 Å². The Hall–Kier alpha value is -11.3. The van der Waals surface area contributed by atoms with Crippen LogP contribution in [0.15, 0.2) is 303 Å². The van der Waals surface area contributed by atoms with Gasteiger partial charge in [0.2, 0.25) is 0 Å². The van der Waals surface area contributed by atoms with Crippen molar-refractivity contribution < 1.29 is 0 Å². The van der Waals surface area contributed by atoms with Crippen molar-refractivity contribution in [3.8, 4) is 22.3 Å². The Bertz CT molecular complexity index is 5680. The molecule has 2 heteroatoms. The predicted molar refractivity (Wildman–Crippen MR) is 383 cm³/mol. The first-order valence-corrected chi connectivity index (χ1v) is 31.7. The van der Waals surface area contributed by atoms with Gasteiger partial charge >= 0.3 is 0 Å². The minimum atomic E-state index is -0.696. The van der Waals surface area contributed by atoms with E-state index in [0.29, 0.717) is 0 Å². The molecule has 18 aromatic carbocycles. The predicted octanol–water partition coefficient (Wildman–Crippen LogP) is 24.3. The van der Waals surface area contributed by atoms with Gasteiger partial charge in [0, 0.05) is 43.7 Å². The van der Waals surface area contributed by atoms with Crippen LogP contribution in [0, 0.1) is 0 Å².